The number of nitrogens with zero attached hydrogens (tertiary/aromatic N) is 5. The second-order valence-corrected chi connectivity index (χ2v) is 10.0. The van der Waals surface area contributed by atoms with Crippen LogP contribution < -0.4 is 19.3 Å². The van der Waals surface area contributed by atoms with Gasteiger partial charge in [-0.25, -0.2) is 4.79 Å². The van der Waals surface area contributed by atoms with E-state index in [2.05, 4.69) is 30.1 Å². The van der Waals surface area contributed by atoms with E-state index >= 15 is 0 Å². The summed E-state index contributed by atoms with van der Waals surface area (Å²) in [7, 11) is 0. The van der Waals surface area contributed by atoms with E-state index < -0.39 is 71.6 Å². The summed E-state index contributed by atoms with van der Waals surface area (Å²) in [5, 5.41) is 13.4. The summed E-state index contributed by atoms with van der Waals surface area (Å²) in [6, 6.07) is 2.43. The number of hydrogen-bond donors (Lipinski definition) is 1. The first kappa shape index (κ1) is 30.1. The minimum atomic E-state index is -5.09. The number of ether oxygens (including phenoxy) is 3. The number of hydrogen-bond acceptors (Lipinski definition) is 8. The maximum atomic E-state index is 14.0. The Morgan fingerprint density at radius 3 is 2.26 bits per heavy atom. The number of aromatic nitrogens is 4. The predicted octanol–water partition coefficient (Wildman–Crippen LogP) is 6.45. The molecule has 5 rings (SSSR count). The fourth-order valence-electron chi connectivity index (χ4n) is 4.91. The van der Waals surface area contributed by atoms with Gasteiger partial charge in [0.25, 0.3) is 5.95 Å². The van der Waals surface area contributed by atoms with Crippen LogP contribution in [0.2, 0.25) is 0 Å². The number of rotatable bonds is 5. The molecule has 0 saturated carbocycles. The van der Waals surface area contributed by atoms with Crippen LogP contribution >= 0.6 is 0 Å². The summed E-state index contributed by atoms with van der Waals surface area (Å²) in [4.78, 5) is 15.5. The predicted molar refractivity (Wildman–Crippen MR) is 130 cm³/mol. The summed E-state index contributed by atoms with van der Waals surface area (Å²) in [5.74, 6) is -1.02. The zero-order valence-electron chi connectivity index (χ0n) is 22.3. The summed E-state index contributed by atoms with van der Waals surface area (Å²) in [5.41, 5.74) is -3.27. The molecule has 0 saturated heterocycles. The highest BCUT2D eigenvalue weighted by Gasteiger charge is 2.46. The number of halogens is 8. The minimum absolute atomic E-state index is 0.00215. The normalized spacial score (nSPS) is 17.9. The molecule has 0 spiro atoms. The Labute approximate surface area is 237 Å². The molecule has 1 amide bonds. The Bertz CT molecular complexity index is 1460. The summed E-state index contributed by atoms with van der Waals surface area (Å²) >= 11 is 0. The van der Waals surface area contributed by atoms with Gasteiger partial charge in [0, 0.05) is 24.7 Å². The van der Waals surface area contributed by atoms with Crippen LogP contribution in [0.3, 0.4) is 0 Å². The lowest BCUT2D eigenvalue weighted by atomic mass is 9.97. The van der Waals surface area contributed by atoms with Gasteiger partial charge in [-0.1, -0.05) is 5.10 Å². The molecule has 1 aromatic heterocycles. The number of tetrazole rings is 1. The van der Waals surface area contributed by atoms with Crippen LogP contribution in [0.15, 0.2) is 30.3 Å². The standard InChI is InChI=1S/C25H22F8N6O4/c1-12(2)41-22(40)38-5-3-4-17(16-9-19-20(10-18(16)38)43-25(32,33)42-19)39(21-34-36-37-35-21)11-13-6-14(23(26,27)28)8-15(7-13)24(29,30)31/h6-10,12,17H,3-5,11H2,1-2H3,(H,34,35,36,37). The molecule has 2 aliphatic heterocycles. The smallest absolute Gasteiger partial charge is 0.446 e. The van der Waals surface area contributed by atoms with E-state index in [0.29, 0.717) is 12.1 Å². The number of carbonyl (C=O) groups is 1. The van der Waals surface area contributed by atoms with Gasteiger partial charge in [-0.2, -0.15) is 31.6 Å². The molecule has 0 aliphatic carbocycles. The van der Waals surface area contributed by atoms with Gasteiger partial charge in [-0.3, -0.25) is 4.90 Å². The molecule has 43 heavy (non-hydrogen) atoms. The number of H-pyrrole nitrogens is 1. The Hall–Kier alpha value is -4.38. The first-order valence-electron chi connectivity index (χ1n) is 12.7. The quantitative estimate of drug-likeness (QED) is 0.324. The SMILES string of the molecule is CC(C)OC(=O)N1CCCC(N(Cc2cc(C(F)(F)F)cc(C(F)(F)F)c2)c2nn[nH]n2)c2cc3c(cc21)OC(F)(F)O3. The Morgan fingerprint density at radius 2 is 1.70 bits per heavy atom. The number of carbonyl (C=O) groups excluding carboxylic acids is 1. The number of aromatic amines is 1. The fraction of sp³-hybridized carbons (Fsp3) is 0.440. The average Bonchev–Trinajstić information content (AvgIpc) is 3.47. The molecule has 0 radical (unpaired) electrons. The first-order chi connectivity index (χ1) is 20.0. The number of alkyl halides is 8. The summed E-state index contributed by atoms with van der Waals surface area (Å²) in [6.45, 7) is 2.62. The van der Waals surface area contributed by atoms with Crippen LogP contribution in [0, 0.1) is 0 Å². The molecule has 0 fully saturated rings. The summed E-state index contributed by atoms with van der Waals surface area (Å²) < 4.78 is 124. The third kappa shape index (κ3) is 6.36. The molecule has 10 nitrogen and oxygen atoms in total. The van der Waals surface area contributed by atoms with Crippen LogP contribution in [0.1, 0.15) is 55.0 Å². The van der Waals surface area contributed by atoms with Crippen molar-refractivity contribution in [3.8, 4) is 11.5 Å². The van der Waals surface area contributed by atoms with Crippen molar-refractivity contribution in [2.45, 2.75) is 64.0 Å². The zero-order chi connectivity index (χ0) is 31.3. The Balaban J connectivity index is 1.64. The van der Waals surface area contributed by atoms with Gasteiger partial charge in [0.1, 0.15) is 0 Å². The molecule has 232 valence electrons. The molecular weight excluding hydrogens is 600 g/mol. The molecular formula is C25H22F8N6O4. The molecule has 18 heteroatoms. The van der Waals surface area contributed by atoms with Gasteiger partial charge in [0.15, 0.2) is 11.5 Å². The van der Waals surface area contributed by atoms with Crippen LogP contribution in [0.25, 0.3) is 0 Å². The Morgan fingerprint density at radius 1 is 1.07 bits per heavy atom. The fourth-order valence-corrected chi connectivity index (χ4v) is 4.91. The van der Waals surface area contributed by atoms with E-state index in [1.54, 1.807) is 13.8 Å². The minimum Gasteiger partial charge on any atom is -0.446 e. The van der Waals surface area contributed by atoms with Crippen LogP contribution in [-0.2, 0) is 23.6 Å². The van der Waals surface area contributed by atoms with E-state index in [1.807, 2.05) is 0 Å². The van der Waals surface area contributed by atoms with E-state index in [4.69, 9.17) is 4.74 Å². The van der Waals surface area contributed by atoms with Gasteiger partial charge in [-0.15, -0.1) is 13.9 Å². The highest BCUT2D eigenvalue weighted by molar-refractivity contribution is 5.90. The van der Waals surface area contributed by atoms with Gasteiger partial charge in [-0.05, 0) is 61.7 Å². The van der Waals surface area contributed by atoms with Gasteiger partial charge in [0.05, 0.1) is 29.0 Å². The van der Waals surface area contributed by atoms with Gasteiger partial charge in [0.2, 0.25) is 0 Å². The average molecular weight is 622 g/mol. The summed E-state index contributed by atoms with van der Waals surface area (Å²) in [6.07, 6.45) is -15.2. The molecule has 1 N–H and O–H groups in total. The highest BCUT2D eigenvalue weighted by Crippen LogP contribution is 2.49. The molecule has 2 aromatic carbocycles. The molecule has 2 aliphatic rings. The van der Waals surface area contributed by atoms with E-state index in [1.165, 1.54) is 9.80 Å². The lowest BCUT2D eigenvalue weighted by Gasteiger charge is -2.32. The van der Waals surface area contributed by atoms with Crippen LogP contribution in [0.4, 0.5) is 51.6 Å². The van der Waals surface area contributed by atoms with Crippen molar-refractivity contribution in [2.24, 2.45) is 0 Å². The van der Waals surface area contributed by atoms with Crippen molar-refractivity contribution in [1.29, 1.82) is 0 Å². The number of amides is 1. The maximum absolute atomic E-state index is 14.0. The highest BCUT2D eigenvalue weighted by atomic mass is 19.4. The van der Waals surface area contributed by atoms with Crippen molar-refractivity contribution in [3.63, 3.8) is 0 Å². The molecule has 0 bridgehead atoms. The van der Waals surface area contributed by atoms with E-state index in [0.717, 1.165) is 12.1 Å². The van der Waals surface area contributed by atoms with Crippen molar-refractivity contribution < 1.29 is 54.1 Å². The first-order valence-corrected chi connectivity index (χ1v) is 12.7. The second kappa shape index (κ2) is 10.7. The van der Waals surface area contributed by atoms with E-state index in [9.17, 15) is 39.9 Å². The largest absolute Gasteiger partial charge is 0.586 e. The maximum Gasteiger partial charge on any atom is 0.586 e. The molecule has 3 heterocycles. The zero-order valence-corrected chi connectivity index (χ0v) is 22.3. The van der Waals surface area contributed by atoms with Crippen molar-refractivity contribution in [3.05, 3.63) is 52.6 Å². The van der Waals surface area contributed by atoms with E-state index in [-0.39, 0.29) is 42.7 Å². The topological polar surface area (TPSA) is 106 Å². The monoisotopic (exact) mass is 622 g/mol. The third-order valence-electron chi connectivity index (χ3n) is 6.58. The number of anilines is 2. The Kier molecular flexibility index (Phi) is 7.50. The van der Waals surface area contributed by atoms with Crippen LogP contribution in [-0.4, -0.2) is 45.7 Å². The van der Waals surface area contributed by atoms with Crippen molar-refractivity contribution in [1.82, 2.24) is 20.6 Å². The van der Waals surface area contributed by atoms with Crippen molar-refractivity contribution >= 4 is 17.7 Å². The molecule has 3 aromatic rings. The molecule has 1 atom stereocenters. The number of fused-ring (bicyclic) bond motifs is 2. The number of nitrogens with one attached hydrogen (secondary N) is 1. The van der Waals surface area contributed by atoms with Crippen molar-refractivity contribution in [2.75, 3.05) is 16.3 Å². The van der Waals surface area contributed by atoms with Gasteiger partial charge >= 0.3 is 24.7 Å². The second-order valence-electron chi connectivity index (χ2n) is 10.0. The van der Waals surface area contributed by atoms with Crippen LogP contribution in [0.5, 0.6) is 11.5 Å². The third-order valence-corrected chi connectivity index (χ3v) is 6.58. The molecule has 1 unspecified atom stereocenters. The lowest BCUT2D eigenvalue weighted by Crippen LogP contribution is -2.34. The van der Waals surface area contributed by atoms with Gasteiger partial charge < -0.3 is 19.1 Å². The lowest BCUT2D eigenvalue weighted by molar-refractivity contribution is -0.286. The number of benzene rings is 2.